The summed E-state index contributed by atoms with van der Waals surface area (Å²) in [6, 6.07) is 0. The fourth-order valence-electron chi connectivity index (χ4n) is 2.76. The summed E-state index contributed by atoms with van der Waals surface area (Å²) in [5.41, 5.74) is 6.72. The highest BCUT2D eigenvalue weighted by Gasteiger charge is 2.36. The van der Waals surface area contributed by atoms with Crippen molar-refractivity contribution in [1.82, 2.24) is 4.98 Å². The fraction of sp³-hybridized carbons (Fsp3) is 0.692. The van der Waals surface area contributed by atoms with Gasteiger partial charge in [0.25, 0.3) is 0 Å². The molecule has 2 unspecified atom stereocenters. The lowest BCUT2D eigenvalue weighted by Gasteiger charge is -2.35. The van der Waals surface area contributed by atoms with Crippen LogP contribution in [0.15, 0.2) is 0 Å². The van der Waals surface area contributed by atoms with E-state index in [1.54, 1.807) is 0 Å². The predicted molar refractivity (Wildman–Crippen MR) is 71.9 cm³/mol. The van der Waals surface area contributed by atoms with Crippen molar-refractivity contribution in [3.8, 4) is 0 Å². The SMILES string of the molecule is CCc1nc(C2(N)CCCC(C)C2)sc1C(=O)O. The van der Waals surface area contributed by atoms with Gasteiger partial charge in [-0.2, -0.15) is 0 Å². The second-order valence-electron chi connectivity index (χ2n) is 5.31. The van der Waals surface area contributed by atoms with Crippen molar-refractivity contribution in [2.75, 3.05) is 0 Å². The molecule has 4 nitrogen and oxygen atoms in total. The number of aromatic nitrogens is 1. The Morgan fingerprint density at radius 1 is 1.67 bits per heavy atom. The number of carboxylic acids is 1. The molecular weight excluding hydrogens is 248 g/mol. The number of carboxylic acid groups (broad SMARTS) is 1. The summed E-state index contributed by atoms with van der Waals surface area (Å²) in [6.45, 7) is 4.13. The highest BCUT2D eigenvalue weighted by atomic mass is 32.1. The molecule has 0 spiro atoms. The van der Waals surface area contributed by atoms with E-state index >= 15 is 0 Å². The molecule has 100 valence electrons. The Kier molecular flexibility index (Phi) is 3.73. The van der Waals surface area contributed by atoms with Crippen molar-refractivity contribution in [2.24, 2.45) is 11.7 Å². The Morgan fingerprint density at radius 2 is 2.39 bits per heavy atom. The average molecular weight is 268 g/mol. The van der Waals surface area contributed by atoms with E-state index in [9.17, 15) is 9.90 Å². The first kappa shape index (κ1) is 13.5. The molecule has 2 atom stereocenters. The van der Waals surface area contributed by atoms with Gasteiger partial charge in [0.05, 0.1) is 11.2 Å². The topological polar surface area (TPSA) is 76.2 Å². The number of thiazole rings is 1. The number of aryl methyl sites for hydroxylation is 1. The van der Waals surface area contributed by atoms with E-state index in [2.05, 4.69) is 11.9 Å². The molecule has 1 aromatic rings. The summed E-state index contributed by atoms with van der Waals surface area (Å²) >= 11 is 1.26. The molecule has 1 saturated carbocycles. The van der Waals surface area contributed by atoms with Crippen LogP contribution in [0.25, 0.3) is 0 Å². The fourth-order valence-corrected chi connectivity index (χ4v) is 3.89. The van der Waals surface area contributed by atoms with Crippen LogP contribution in [0.2, 0.25) is 0 Å². The molecule has 3 N–H and O–H groups in total. The van der Waals surface area contributed by atoms with E-state index in [0.29, 0.717) is 22.9 Å². The lowest BCUT2D eigenvalue weighted by Crippen LogP contribution is -2.40. The van der Waals surface area contributed by atoms with Crippen LogP contribution >= 0.6 is 11.3 Å². The van der Waals surface area contributed by atoms with E-state index in [4.69, 9.17) is 5.73 Å². The average Bonchev–Trinajstić information content (AvgIpc) is 2.73. The first-order valence-electron chi connectivity index (χ1n) is 6.48. The molecular formula is C13H20N2O2S. The molecule has 0 aliphatic heterocycles. The normalized spacial score (nSPS) is 28.3. The van der Waals surface area contributed by atoms with Gasteiger partial charge in [0.2, 0.25) is 0 Å². The summed E-state index contributed by atoms with van der Waals surface area (Å²) < 4.78 is 0. The van der Waals surface area contributed by atoms with Crippen LogP contribution in [0.5, 0.6) is 0 Å². The van der Waals surface area contributed by atoms with Crippen LogP contribution in [0.3, 0.4) is 0 Å². The Balaban J connectivity index is 2.35. The second-order valence-corrected chi connectivity index (χ2v) is 6.31. The van der Waals surface area contributed by atoms with Gasteiger partial charge in [-0.15, -0.1) is 11.3 Å². The molecule has 0 amide bonds. The van der Waals surface area contributed by atoms with Gasteiger partial charge in [-0.1, -0.05) is 26.7 Å². The van der Waals surface area contributed by atoms with Gasteiger partial charge in [0.15, 0.2) is 0 Å². The molecule has 1 fully saturated rings. The minimum Gasteiger partial charge on any atom is -0.477 e. The summed E-state index contributed by atoms with van der Waals surface area (Å²) in [4.78, 5) is 16.0. The molecule has 1 aromatic heterocycles. The molecule has 0 saturated heterocycles. The van der Waals surface area contributed by atoms with E-state index in [0.717, 1.165) is 24.3 Å². The van der Waals surface area contributed by atoms with Crippen LogP contribution in [0.4, 0.5) is 0 Å². The third kappa shape index (κ3) is 2.42. The van der Waals surface area contributed by atoms with Crippen molar-refractivity contribution in [3.05, 3.63) is 15.6 Å². The van der Waals surface area contributed by atoms with Crippen molar-refractivity contribution in [3.63, 3.8) is 0 Å². The van der Waals surface area contributed by atoms with E-state index in [-0.39, 0.29) is 0 Å². The number of hydrogen-bond acceptors (Lipinski definition) is 4. The lowest BCUT2D eigenvalue weighted by atomic mass is 9.77. The number of aromatic carboxylic acids is 1. The number of nitrogens with zero attached hydrogens (tertiary/aromatic N) is 1. The molecule has 1 heterocycles. The number of carbonyl (C=O) groups is 1. The van der Waals surface area contributed by atoms with Gasteiger partial charge in [-0.3, -0.25) is 0 Å². The van der Waals surface area contributed by atoms with Gasteiger partial charge in [-0.05, 0) is 25.2 Å². The number of rotatable bonds is 3. The van der Waals surface area contributed by atoms with Crippen LogP contribution in [-0.4, -0.2) is 16.1 Å². The minimum absolute atomic E-state index is 0.357. The Hall–Kier alpha value is -0.940. The van der Waals surface area contributed by atoms with Crippen molar-refractivity contribution >= 4 is 17.3 Å². The quantitative estimate of drug-likeness (QED) is 0.883. The zero-order valence-corrected chi connectivity index (χ0v) is 11.7. The van der Waals surface area contributed by atoms with Crippen LogP contribution in [0, 0.1) is 5.92 Å². The monoisotopic (exact) mass is 268 g/mol. The Bertz CT molecular complexity index is 458. The van der Waals surface area contributed by atoms with Crippen LogP contribution < -0.4 is 5.73 Å². The third-order valence-corrected chi connectivity index (χ3v) is 4.99. The molecule has 2 rings (SSSR count). The van der Waals surface area contributed by atoms with E-state index in [1.165, 1.54) is 17.8 Å². The summed E-state index contributed by atoms with van der Waals surface area (Å²) in [5.74, 6) is -0.297. The summed E-state index contributed by atoms with van der Waals surface area (Å²) in [5, 5.41) is 9.98. The smallest absolute Gasteiger partial charge is 0.347 e. The second kappa shape index (κ2) is 4.97. The molecule has 0 bridgehead atoms. The molecule has 1 aliphatic rings. The molecule has 0 radical (unpaired) electrons. The number of nitrogens with two attached hydrogens (primary N) is 1. The van der Waals surface area contributed by atoms with Gasteiger partial charge in [0, 0.05) is 0 Å². The Labute approximate surface area is 111 Å². The highest BCUT2D eigenvalue weighted by molar-refractivity contribution is 7.13. The summed E-state index contributed by atoms with van der Waals surface area (Å²) in [7, 11) is 0. The first-order chi connectivity index (χ1) is 8.46. The zero-order valence-electron chi connectivity index (χ0n) is 10.9. The largest absolute Gasteiger partial charge is 0.477 e. The maximum atomic E-state index is 11.2. The minimum atomic E-state index is -0.886. The molecule has 5 heteroatoms. The predicted octanol–water partition coefficient (Wildman–Crippen LogP) is 2.77. The van der Waals surface area contributed by atoms with Gasteiger partial charge in [0.1, 0.15) is 9.88 Å². The van der Waals surface area contributed by atoms with Crippen molar-refractivity contribution < 1.29 is 9.90 Å². The Morgan fingerprint density at radius 3 is 2.89 bits per heavy atom. The third-order valence-electron chi connectivity index (χ3n) is 3.68. The number of hydrogen-bond donors (Lipinski definition) is 2. The van der Waals surface area contributed by atoms with E-state index in [1.807, 2.05) is 6.92 Å². The van der Waals surface area contributed by atoms with Crippen LogP contribution in [-0.2, 0) is 12.0 Å². The molecule has 1 aliphatic carbocycles. The van der Waals surface area contributed by atoms with E-state index < -0.39 is 11.5 Å². The maximum absolute atomic E-state index is 11.2. The molecule has 0 aromatic carbocycles. The maximum Gasteiger partial charge on any atom is 0.347 e. The highest BCUT2D eigenvalue weighted by Crippen LogP contribution is 2.40. The zero-order chi connectivity index (χ0) is 13.3. The first-order valence-corrected chi connectivity index (χ1v) is 7.30. The van der Waals surface area contributed by atoms with Crippen molar-refractivity contribution in [1.29, 1.82) is 0 Å². The lowest BCUT2D eigenvalue weighted by molar-refractivity contribution is 0.0701. The van der Waals surface area contributed by atoms with Gasteiger partial charge >= 0.3 is 5.97 Å². The standard InChI is InChI=1S/C13H20N2O2S/c1-3-9-10(11(16)17)18-12(15-9)13(14)6-4-5-8(2)7-13/h8H,3-7,14H2,1-2H3,(H,16,17). The molecule has 18 heavy (non-hydrogen) atoms. The van der Waals surface area contributed by atoms with Gasteiger partial charge in [-0.25, -0.2) is 9.78 Å². The van der Waals surface area contributed by atoms with Gasteiger partial charge < -0.3 is 10.8 Å². The van der Waals surface area contributed by atoms with Crippen LogP contribution in [0.1, 0.15) is 59.9 Å². The van der Waals surface area contributed by atoms with Crippen molar-refractivity contribution in [2.45, 2.75) is 51.5 Å². The summed E-state index contributed by atoms with van der Waals surface area (Å²) in [6.07, 6.45) is 4.76.